The van der Waals surface area contributed by atoms with Gasteiger partial charge in [-0.3, -0.25) is 4.79 Å². The van der Waals surface area contributed by atoms with Gasteiger partial charge in [0.15, 0.2) is 11.6 Å². The first kappa shape index (κ1) is 15.9. The predicted octanol–water partition coefficient (Wildman–Crippen LogP) is 3.24. The highest BCUT2D eigenvalue weighted by atomic mass is 32.2. The van der Waals surface area contributed by atoms with Gasteiger partial charge in [-0.25, -0.2) is 4.39 Å². The summed E-state index contributed by atoms with van der Waals surface area (Å²) in [7, 11) is 1.40. The van der Waals surface area contributed by atoms with Crippen LogP contribution in [0.1, 0.15) is 26.2 Å². The number of esters is 1. The number of nitrogens with two attached hydrogens (primary N) is 1. The highest BCUT2D eigenvalue weighted by Crippen LogP contribution is 2.52. The van der Waals surface area contributed by atoms with Crippen molar-refractivity contribution in [3.63, 3.8) is 0 Å². The van der Waals surface area contributed by atoms with Gasteiger partial charge in [-0.15, -0.1) is 11.8 Å². The molecule has 1 fully saturated rings. The van der Waals surface area contributed by atoms with E-state index in [9.17, 15) is 9.18 Å². The van der Waals surface area contributed by atoms with E-state index in [2.05, 4.69) is 0 Å². The summed E-state index contributed by atoms with van der Waals surface area (Å²) in [5, 5.41) is 0. The molecule has 21 heavy (non-hydrogen) atoms. The maximum atomic E-state index is 13.6. The van der Waals surface area contributed by atoms with Crippen LogP contribution in [-0.4, -0.2) is 25.4 Å². The Morgan fingerprint density at radius 1 is 1.48 bits per heavy atom. The van der Waals surface area contributed by atoms with E-state index < -0.39 is 5.82 Å². The molecule has 0 unspecified atom stereocenters. The molecule has 1 aromatic rings. The molecule has 1 saturated carbocycles. The van der Waals surface area contributed by atoms with Crippen molar-refractivity contribution < 1.29 is 18.7 Å². The summed E-state index contributed by atoms with van der Waals surface area (Å²) in [6.45, 7) is 2.20. The summed E-state index contributed by atoms with van der Waals surface area (Å²) in [5.41, 5.74) is 6.26. The Kier molecular flexibility index (Phi) is 4.98. The zero-order valence-corrected chi connectivity index (χ0v) is 13.1. The maximum absolute atomic E-state index is 13.6. The highest BCUT2D eigenvalue weighted by Gasteiger charge is 2.44. The first-order chi connectivity index (χ1) is 9.99. The lowest BCUT2D eigenvalue weighted by atomic mass is 10.1. The number of hydrogen-bond donors (Lipinski definition) is 1. The zero-order chi connectivity index (χ0) is 15.5. The van der Waals surface area contributed by atoms with Crippen molar-refractivity contribution >= 4 is 23.4 Å². The number of nitrogen functional groups attached to an aromatic ring is 1. The van der Waals surface area contributed by atoms with Gasteiger partial charge >= 0.3 is 5.97 Å². The Labute approximate surface area is 128 Å². The molecular weight excluding hydrogens is 293 g/mol. The number of ether oxygens (including phenoxy) is 2. The van der Waals surface area contributed by atoms with Gasteiger partial charge in [-0.05, 0) is 31.2 Å². The van der Waals surface area contributed by atoms with Crippen LogP contribution in [0.3, 0.4) is 0 Å². The van der Waals surface area contributed by atoms with Gasteiger partial charge in [0, 0.05) is 22.4 Å². The Morgan fingerprint density at radius 2 is 2.19 bits per heavy atom. The fourth-order valence-corrected chi connectivity index (χ4v) is 3.37. The number of methoxy groups -OCH3 is 1. The van der Waals surface area contributed by atoms with Crippen LogP contribution >= 0.6 is 11.8 Å². The lowest BCUT2D eigenvalue weighted by Gasteiger charge is -2.15. The number of carbonyl (C=O) groups is 1. The third-order valence-electron chi connectivity index (χ3n) is 3.60. The number of carbonyl (C=O) groups excluding carboxylic acids is 1. The predicted molar refractivity (Wildman–Crippen MR) is 81.0 cm³/mol. The number of rotatable bonds is 7. The van der Waals surface area contributed by atoms with Crippen LogP contribution in [0, 0.1) is 11.2 Å². The number of halogens is 1. The molecule has 1 aliphatic rings. The molecule has 0 radical (unpaired) electrons. The van der Waals surface area contributed by atoms with Crippen molar-refractivity contribution in [1.82, 2.24) is 0 Å². The standard InChI is InChI=1S/C15H20FNO3S/c1-3-20-12-7-13(11(17)6-10(12)16)21-9-15(4-5-15)8-14(18)19-2/h6-7H,3-5,8-9,17H2,1-2H3. The molecule has 1 aliphatic carbocycles. The number of anilines is 1. The molecule has 116 valence electrons. The second kappa shape index (κ2) is 6.56. The summed E-state index contributed by atoms with van der Waals surface area (Å²) in [4.78, 5) is 12.2. The van der Waals surface area contributed by atoms with Crippen LogP contribution in [0.4, 0.5) is 10.1 Å². The third kappa shape index (κ3) is 4.03. The van der Waals surface area contributed by atoms with Gasteiger partial charge in [0.05, 0.1) is 20.1 Å². The minimum Gasteiger partial charge on any atom is -0.491 e. The summed E-state index contributed by atoms with van der Waals surface area (Å²) in [6, 6.07) is 2.92. The van der Waals surface area contributed by atoms with Crippen molar-refractivity contribution in [2.75, 3.05) is 25.2 Å². The molecule has 2 rings (SSSR count). The molecule has 4 nitrogen and oxygen atoms in total. The topological polar surface area (TPSA) is 61.5 Å². The van der Waals surface area contributed by atoms with Crippen molar-refractivity contribution in [1.29, 1.82) is 0 Å². The zero-order valence-electron chi connectivity index (χ0n) is 12.3. The smallest absolute Gasteiger partial charge is 0.306 e. The summed E-state index contributed by atoms with van der Waals surface area (Å²) in [5.74, 6) is 0.348. The molecule has 0 amide bonds. The number of thioether (sulfide) groups is 1. The van der Waals surface area contributed by atoms with Crippen molar-refractivity contribution in [2.24, 2.45) is 5.41 Å². The van der Waals surface area contributed by atoms with E-state index in [-0.39, 0.29) is 17.1 Å². The van der Waals surface area contributed by atoms with Gasteiger partial charge in [0.2, 0.25) is 0 Å². The van der Waals surface area contributed by atoms with Crippen LogP contribution in [0.2, 0.25) is 0 Å². The fourth-order valence-electron chi connectivity index (χ4n) is 2.10. The molecule has 0 spiro atoms. The molecule has 0 heterocycles. The van der Waals surface area contributed by atoms with Gasteiger partial charge in [0.25, 0.3) is 0 Å². The summed E-state index contributed by atoms with van der Waals surface area (Å²) >= 11 is 1.54. The van der Waals surface area contributed by atoms with E-state index in [0.29, 0.717) is 18.7 Å². The molecule has 0 atom stereocenters. The lowest BCUT2D eigenvalue weighted by molar-refractivity contribution is -0.141. The first-order valence-electron chi connectivity index (χ1n) is 6.91. The fraction of sp³-hybridized carbons (Fsp3) is 0.533. The molecular formula is C15H20FNO3S. The van der Waals surface area contributed by atoms with Crippen molar-refractivity contribution in [3.8, 4) is 5.75 Å². The average Bonchev–Trinajstić information content (AvgIpc) is 3.20. The lowest BCUT2D eigenvalue weighted by Crippen LogP contribution is -2.13. The molecule has 1 aromatic carbocycles. The van der Waals surface area contributed by atoms with Crippen molar-refractivity contribution in [2.45, 2.75) is 31.1 Å². The largest absolute Gasteiger partial charge is 0.491 e. The quantitative estimate of drug-likeness (QED) is 0.476. The van der Waals surface area contributed by atoms with Crippen LogP contribution in [-0.2, 0) is 9.53 Å². The molecule has 0 aliphatic heterocycles. The first-order valence-corrected chi connectivity index (χ1v) is 7.89. The van der Waals surface area contributed by atoms with Crippen LogP contribution in [0.15, 0.2) is 17.0 Å². The Morgan fingerprint density at radius 3 is 2.76 bits per heavy atom. The number of hydrogen-bond acceptors (Lipinski definition) is 5. The second-order valence-corrected chi connectivity index (χ2v) is 6.31. The molecule has 6 heteroatoms. The average molecular weight is 313 g/mol. The van der Waals surface area contributed by atoms with E-state index in [4.69, 9.17) is 15.2 Å². The van der Waals surface area contributed by atoms with Gasteiger partial charge in [0.1, 0.15) is 0 Å². The molecule has 2 N–H and O–H groups in total. The van der Waals surface area contributed by atoms with Crippen LogP contribution in [0.25, 0.3) is 0 Å². The Balaban J connectivity index is 2.03. The van der Waals surface area contributed by atoms with Gasteiger partial charge in [-0.2, -0.15) is 0 Å². The number of benzene rings is 1. The summed E-state index contributed by atoms with van der Waals surface area (Å²) in [6.07, 6.45) is 2.44. The molecule has 0 bridgehead atoms. The minimum atomic E-state index is -0.450. The Bertz CT molecular complexity index is 532. The van der Waals surface area contributed by atoms with E-state index in [0.717, 1.165) is 23.5 Å². The second-order valence-electron chi connectivity index (χ2n) is 5.30. The molecule has 0 aromatic heterocycles. The van der Waals surface area contributed by atoms with Gasteiger partial charge < -0.3 is 15.2 Å². The van der Waals surface area contributed by atoms with Crippen LogP contribution in [0.5, 0.6) is 5.75 Å². The van der Waals surface area contributed by atoms with E-state index in [1.54, 1.807) is 13.0 Å². The van der Waals surface area contributed by atoms with Crippen LogP contribution < -0.4 is 10.5 Å². The minimum absolute atomic E-state index is 0.00433. The maximum Gasteiger partial charge on any atom is 0.306 e. The third-order valence-corrected chi connectivity index (χ3v) is 5.02. The summed E-state index contributed by atoms with van der Waals surface area (Å²) < 4.78 is 23.6. The van der Waals surface area contributed by atoms with Gasteiger partial charge in [-0.1, -0.05) is 0 Å². The van der Waals surface area contributed by atoms with E-state index >= 15 is 0 Å². The van der Waals surface area contributed by atoms with E-state index in [1.807, 2.05) is 0 Å². The molecule has 0 saturated heterocycles. The van der Waals surface area contributed by atoms with E-state index in [1.165, 1.54) is 24.9 Å². The SMILES string of the molecule is CCOc1cc(SCC2(CC(=O)OC)CC2)c(N)cc1F. The normalized spacial score (nSPS) is 15.6. The Hall–Kier alpha value is -1.43. The van der Waals surface area contributed by atoms with Crippen molar-refractivity contribution in [3.05, 3.63) is 17.9 Å². The highest BCUT2D eigenvalue weighted by molar-refractivity contribution is 7.99. The monoisotopic (exact) mass is 313 g/mol.